The van der Waals surface area contributed by atoms with Gasteiger partial charge >= 0.3 is 0 Å². The summed E-state index contributed by atoms with van der Waals surface area (Å²) in [5.41, 5.74) is 2.06. The van der Waals surface area contributed by atoms with Crippen molar-refractivity contribution in [2.24, 2.45) is 0 Å². The molecule has 29 heavy (non-hydrogen) atoms. The molecular weight excluding hydrogens is 368 g/mol. The Morgan fingerprint density at radius 2 is 2.03 bits per heavy atom. The van der Waals surface area contributed by atoms with Gasteiger partial charge in [-0.25, -0.2) is 9.97 Å². The number of nitrogens with one attached hydrogen (secondary N) is 3. The maximum absolute atomic E-state index is 12.3. The van der Waals surface area contributed by atoms with Gasteiger partial charge in [-0.15, -0.1) is 0 Å². The normalized spacial score (nSPS) is 14.2. The molecule has 0 bridgehead atoms. The van der Waals surface area contributed by atoms with Crippen molar-refractivity contribution in [1.82, 2.24) is 20.3 Å². The van der Waals surface area contributed by atoms with Crippen LogP contribution in [0.5, 0.6) is 0 Å². The number of carbonyl (C=O) groups excluding carboxylic acids is 1. The zero-order chi connectivity index (χ0) is 20.1. The minimum absolute atomic E-state index is 0.00410. The molecular formula is C21H26N6O2. The van der Waals surface area contributed by atoms with E-state index in [1.807, 2.05) is 43.5 Å². The molecule has 1 amide bonds. The lowest BCUT2D eigenvalue weighted by atomic mass is 10.1. The fourth-order valence-corrected chi connectivity index (χ4v) is 3.50. The summed E-state index contributed by atoms with van der Waals surface area (Å²) in [6.45, 7) is 6.11. The van der Waals surface area contributed by atoms with E-state index in [0.717, 1.165) is 47.0 Å². The summed E-state index contributed by atoms with van der Waals surface area (Å²) in [4.78, 5) is 26.7. The first-order chi connectivity index (χ1) is 14.2. The average Bonchev–Trinajstić information content (AvgIpc) is 3.14. The van der Waals surface area contributed by atoms with E-state index in [1.165, 1.54) is 0 Å². The number of aryl methyl sites for hydroxylation is 1. The number of amides is 1. The molecule has 1 aliphatic rings. The maximum Gasteiger partial charge on any atom is 0.224 e. The van der Waals surface area contributed by atoms with Crippen LogP contribution in [0.25, 0.3) is 10.9 Å². The third-order valence-electron chi connectivity index (χ3n) is 4.94. The molecule has 1 fully saturated rings. The standard InChI is InChI=1S/C21H26N6O2/c1-15-25-19(13-20(26-15)27-8-10-29-11-9-27)22-6-7-23-21(28)12-16-14-24-18-5-3-2-4-17(16)18/h2-5,13-14,24H,6-12H2,1H3,(H,23,28)(H,22,25,26). The number of fused-ring (bicyclic) bond motifs is 1. The number of morpholine rings is 1. The van der Waals surface area contributed by atoms with Crippen LogP contribution in [0.15, 0.2) is 36.5 Å². The molecule has 3 N–H and O–H groups in total. The SMILES string of the molecule is Cc1nc(NCCNC(=O)Cc2c[nH]c3ccccc23)cc(N2CCOCC2)n1. The molecule has 8 heteroatoms. The molecule has 1 aromatic carbocycles. The molecule has 152 valence electrons. The number of nitrogens with zero attached hydrogens (tertiary/aromatic N) is 3. The highest BCUT2D eigenvalue weighted by Crippen LogP contribution is 2.18. The Morgan fingerprint density at radius 1 is 1.21 bits per heavy atom. The van der Waals surface area contributed by atoms with Crippen LogP contribution in [-0.2, 0) is 16.0 Å². The van der Waals surface area contributed by atoms with Crippen molar-refractivity contribution in [3.63, 3.8) is 0 Å². The first-order valence-electron chi connectivity index (χ1n) is 9.93. The number of aromatic amines is 1. The second-order valence-corrected chi connectivity index (χ2v) is 7.07. The number of hydrogen-bond acceptors (Lipinski definition) is 6. The van der Waals surface area contributed by atoms with Gasteiger partial charge in [0.15, 0.2) is 0 Å². The summed E-state index contributed by atoms with van der Waals surface area (Å²) in [7, 11) is 0. The molecule has 3 heterocycles. The van der Waals surface area contributed by atoms with Crippen LogP contribution < -0.4 is 15.5 Å². The first-order valence-corrected chi connectivity index (χ1v) is 9.93. The van der Waals surface area contributed by atoms with Crippen molar-refractivity contribution >= 4 is 28.4 Å². The zero-order valence-electron chi connectivity index (χ0n) is 16.6. The third-order valence-corrected chi connectivity index (χ3v) is 4.94. The van der Waals surface area contributed by atoms with Gasteiger partial charge in [-0.2, -0.15) is 0 Å². The summed E-state index contributed by atoms with van der Waals surface area (Å²) in [6.07, 6.45) is 2.26. The Balaban J connectivity index is 1.27. The topological polar surface area (TPSA) is 95.2 Å². The van der Waals surface area contributed by atoms with Gasteiger partial charge in [0.05, 0.1) is 19.6 Å². The van der Waals surface area contributed by atoms with Crippen LogP contribution >= 0.6 is 0 Å². The molecule has 1 saturated heterocycles. The molecule has 3 aromatic rings. The smallest absolute Gasteiger partial charge is 0.224 e. The predicted molar refractivity (Wildman–Crippen MR) is 113 cm³/mol. The largest absolute Gasteiger partial charge is 0.378 e. The van der Waals surface area contributed by atoms with E-state index < -0.39 is 0 Å². The van der Waals surface area contributed by atoms with Gasteiger partial charge in [0, 0.05) is 49.3 Å². The summed E-state index contributed by atoms with van der Waals surface area (Å²) >= 11 is 0. The molecule has 0 radical (unpaired) electrons. The summed E-state index contributed by atoms with van der Waals surface area (Å²) in [5, 5.41) is 7.33. The van der Waals surface area contributed by atoms with Crippen LogP contribution in [-0.4, -0.2) is 60.3 Å². The predicted octanol–water partition coefficient (Wildman–Crippen LogP) is 1.87. The van der Waals surface area contributed by atoms with E-state index in [2.05, 4.69) is 30.5 Å². The van der Waals surface area contributed by atoms with E-state index in [0.29, 0.717) is 32.7 Å². The lowest BCUT2D eigenvalue weighted by Gasteiger charge is -2.28. The van der Waals surface area contributed by atoms with Crippen molar-refractivity contribution in [2.75, 3.05) is 49.6 Å². The summed E-state index contributed by atoms with van der Waals surface area (Å²) in [5.74, 6) is 2.40. The Morgan fingerprint density at radius 3 is 2.90 bits per heavy atom. The number of ether oxygens (including phenoxy) is 1. The second kappa shape index (κ2) is 8.91. The molecule has 0 unspecified atom stereocenters. The monoisotopic (exact) mass is 394 g/mol. The number of benzene rings is 1. The highest BCUT2D eigenvalue weighted by Gasteiger charge is 2.14. The number of anilines is 2. The Bertz CT molecular complexity index is 980. The minimum atomic E-state index is 0.00410. The van der Waals surface area contributed by atoms with Crippen molar-refractivity contribution in [2.45, 2.75) is 13.3 Å². The molecule has 0 spiro atoms. The van der Waals surface area contributed by atoms with Crippen molar-refractivity contribution in [3.05, 3.63) is 47.9 Å². The Kier molecular flexibility index (Phi) is 5.90. The van der Waals surface area contributed by atoms with Crippen LogP contribution in [0.2, 0.25) is 0 Å². The van der Waals surface area contributed by atoms with E-state index >= 15 is 0 Å². The first kappa shape index (κ1) is 19.2. The van der Waals surface area contributed by atoms with E-state index in [-0.39, 0.29) is 5.91 Å². The molecule has 2 aromatic heterocycles. The van der Waals surface area contributed by atoms with E-state index in [4.69, 9.17) is 4.74 Å². The van der Waals surface area contributed by atoms with Gasteiger partial charge in [-0.05, 0) is 18.6 Å². The Hall–Kier alpha value is -3.13. The summed E-state index contributed by atoms with van der Waals surface area (Å²) in [6, 6.07) is 9.95. The van der Waals surface area contributed by atoms with Crippen molar-refractivity contribution < 1.29 is 9.53 Å². The van der Waals surface area contributed by atoms with Crippen LogP contribution in [0.3, 0.4) is 0 Å². The highest BCUT2D eigenvalue weighted by molar-refractivity contribution is 5.88. The van der Waals surface area contributed by atoms with Gasteiger partial charge < -0.3 is 25.3 Å². The van der Waals surface area contributed by atoms with Crippen molar-refractivity contribution in [1.29, 1.82) is 0 Å². The van der Waals surface area contributed by atoms with Crippen LogP contribution in [0.1, 0.15) is 11.4 Å². The fraction of sp³-hybridized carbons (Fsp3) is 0.381. The maximum atomic E-state index is 12.3. The third kappa shape index (κ3) is 4.83. The molecule has 0 saturated carbocycles. The van der Waals surface area contributed by atoms with Gasteiger partial charge in [-0.1, -0.05) is 18.2 Å². The second-order valence-electron chi connectivity index (χ2n) is 7.07. The lowest BCUT2D eigenvalue weighted by Crippen LogP contribution is -2.37. The molecule has 4 rings (SSSR count). The number of para-hydroxylation sites is 1. The fourth-order valence-electron chi connectivity index (χ4n) is 3.50. The van der Waals surface area contributed by atoms with Gasteiger partial charge in [0.25, 0.3) is 0 Å². The zero-order valence-corrected chi connectivity index (χ0v) is 16.6. The molecule has 0 atom stereocenters. The molecule has 8 nitrogen and oxygen atoms in total. The average molecular weight is 394 g/mol. The quantitative estimate of drug-likeness (QED) is 0.530. The Labute approximate surface area is 169 Å². The van der Waals surface area contributed by atoms with Gasteiger partial charge in [0.1, 0.15) is 17.5 Å². The number of aromatic nitrogens is 3. The van der Waals surface area contributed by atoms with E-state index in [9.17, 15) is 4.79 Å². The van der Waals surface area contributed by atoms with Gasteiger partial charge in [-0.3, -0.25) is 4.79 Å². The highest BCUT2D eigenvalue weighted by atomic mass is 16.5. The number of rotatable bonds is 7. The van der Waals surface area contributed by atoms with Crippen LogP contribution in [0.4, 0.5) is 11.6 Å². The van der Waals surface area contributed by atoms with Crippen molar-refractivity contribution in [3.8, 4) is 0 Å². The van der Waals surface area contributed by atoms with Gasteiger partial charge in [0.2, 0.25) is 5.91 Å². The number of H-pyrrole nitrogens is 1. The minimum Gasteiger partial charge on any atom is -0.378 e. The van der Waals surface area contributed by atoms with Crippen LogP contribution in [0, 0.1) is 6.92 Å². The summed E-state index contributed by atoms with van der Waals surface area (Å²) < 4.78 is 5.40. The lowest BCUT2D eigenvalue weighted by molar-refractivity contribution is -0.120. The molecule has 1 aliphatic heterocycles. The molecule has 0 aliphatic carbocycles. The number of carbonyl (C=O) groups is 1. The number of hydrogen-bond donors (Lipinski definition) is 3. The van der Waals surface area contributed by atoms with E-state index in [1.54, 1.807) is 0 Å².